The van der Waals surface area contributed by atoms with Crippen molar-refractivity contribution in [2.24, 2.45) is 4.99 Å². The molecule has 6 heteroatoms. The molecule has 0 atom stereocenters. The molecule has 128 valence electrons. The van der Waals surface area contributed by atoms with Gasteiger partial charge in [0.15, 0.2) is 0 Å². The van der Waals surface area contributed by atoms with Crippen LogP contribution in [0.3, 0.4) is 0 Å². The maximum absolute atomic E-state index is 12.2. The highest BCUT2D eigenvalue weighted by atomic mass is 35.5. The van der Waals surface area contributed by atoms with Gasteiger partial charge in [0, 0.05) is 23.1 Å². The number of carbonyl (C=O) groups is 1. The molecule has 2 aromatic carbocycles. The van der Waals surface area contributed by atoms with E-state index in [1.165, 1.54) is 0 Å². The van der Waals surface area contributed by atoms with Gasteiger partial charge in [-0.1, -0.05) is 23.7 Å². The van der Waals surface area contributed by atoms with Gasteiger partial charge in [0.05, 0.1) is 14.2 Å². The number of amides is 1. The molecule has 1 N–H and O–H groups in total. The summed E-state index contributed by atoms with van der Waals surface area (Å²) in [5.74, 6) is 1.66. The molecule has 1 heterocycles. The van der Waals surface area contributed by atoms with Gasteiger partial charge >= 0.3 is 0 Å². The molecule has 0 bridgehead atoms. The van der Waals surface area contributed by atoms with Crippen molar-refractivity contribution < 1.29 is 14.3 Å². The number of benzene rings is 2. The van der Waals surface area contributed by atoms with E-state index in [1.54, 1.807) is 32.4 Å². The van der Waals surface area contributed by atoms with Crippen LogP contribution in [0.4, 0.5) is 0 Å². The van der Waals surface area contributed by atoms with Crippen LogP contribution in [0.25, 0.3) is 6.08 Å². The summed E-state index contributed by atoms with van der Waals surface area (Å²) in [5, 5.41) is 3.47. The summed E-state index contributed by atoms with van der Waals surface area (Å²) >= 11 is 5.89. The van der Waals surface area contributed by atoms with E-state index in [4.69, 9.17) is 21.1 Å². The van der Waals surface area contributed by atoms with Crippen LogP contribution in [0.15, 0.2) is 53.2 Å². The molecule has 1 amide bonds. The molecule has 0 saturated carbocycles. The number of hydrogen-bond donors (Lipinski definition) is 1. The Morgan fingerprint density at radius 2 is 1.88 bits per heavy atom. The van der Waals surface area contributed by atoms with Gasteiger partial charge in [-0.15, -0.1) is 0 Å². The van der Waals surface area contributed by atoms with E-state index in [2.05, 4.69) is 10.3 Å². The Labute approximate surface area is 150 Å². The summed E-state index contributed by atoms with van der Waals surface area (Å²) in [6.07, 6.45) is 2.22. The number of hydrogen-bond acceptors (Lipinski definition) is 4. The molecular weight excluding hydrogens is 340 g/mol. The Kier molecular flexibility index (Phi) is 5.05. The van der Waals surface area contributed by atoms with E-state index in [0.717, 1.165) is 11.1 Å². The molecular formula is C19H17ClN2O3. The molecule has 1 aliphatic heterocycles. The number of nitrogens with zero attached hydrogens (tertiary/aromatic N) is 1. The molecule has 0 aromatic heterocycles. The quantitative estimate of drug-likeness (QED) is 0.834. The summed E-state index contributed by atoms with van der Waals surface area (Å²) < 4.78 is 10.5. The van der Waals surface area contributed by atoms with E-state index < -0.39 is 0 Å². The molecule has 3 rings (SSSR count). The van der Waals surface area contributed by atoms with Crippen LogP contribution in [0, 0.1) is 0 Å². The molecule has 0 saturated heterocycles. The minimum atomic E-state index is -0.234. The van der Waals surface area contributed by atoms with Crippen LogP contribution in [0.2, 0.25) is 5.02 Å². The van der Waals surface area contributed by atoms with Crippen LogP contribution in [0.5, 0.6) is 11.5 Å². The second-order valence-electron chi connectivity index (χ2n) is 5.45. The lowest BCUT2D eigenvalue weighted by Gasteiger charge is -2.07. The van der Waals surface area contributed by atoms with Crippen LogP contribution in [-0.4, -0.2) is 26.0 Å². The Balaban J connectivity index is 1.84. The highest BCUT2D eigenvalue weighted by Gasteiger charge is 2.20. The smallest absolute Gasteiger partial charge is 0.275 e. The maximum Gasteiger partial charge on any atom is 0.275 e. The Morgan fingerprint density at radius 3 is 2.56 bits per heavy atom. The number of ether oxygens (including phenoxy) is 2. The molecule has 1 aliphatic rings. The van der Waals surface area contributed by atoms with Gasteiger partial charge < -0.3 is 14.8 Å². The normalized spacial score (nSPS) is 15.1. The number of aliphatic imine (C=N–C) groups is 1. The molecule has 5 nitrogen and oxygen atoms in total. The topological polar surface area (TPSA) is 59.9 Å². The van der Waals surface area contributed by atoms with Crippen molar-refractivity contribution >= 4 is 29.4 Å². The minimum absolute atomic E-state index is 0.234. The fourth-order valence-electron chi connectivity index (χ4n) is 2.48. The molecule has 2 aromatic rings. The Bertz CT molecular complexity index is 857. The zero-order chi connectivity index (χ0) is 17.8. The van der Waals surface area contributed by atoms with Crippen LogP contribution in [-0.2, 0) is 11.2 Å². The van der Waals surface area contributed by atoms with Gasteiger partial charge in [-0.2, -0.15) is 0 Å². The lowest BCUT2D eigenvalue weighted by Crippen LogP contribution is -2.25. The maximum atomic E-state index is 12.2. The number of amidine groups is 1. The first kappa shape index (κ1) is 17.0. The average molecular weight is 357 g/mol. The summed E-state index contributed by atoms with van der Waals surface area (Å²) in [6.45, 7) is 0. The highest BCUT2D eigenvalue weighted by Crippen LogP contribution is 2.27. The third kappa shape index (κ3) is 4.00. The van der Waals surface area contributed by atoms with Gasteiger partial charge in [0.1, 0.15) is 23.0 Å². The van der Waals surface area contributed by atoms with Crippen LogP contribution in [0.1, 0.15) is 11.1 Å². The van der Waals surface area contributed by atoms with Gasteiger partial charge in [-0.05, 0) is 35.9 Å². The summed E-state index contributed by atoms with van der Waals surface area (Å²) in [6, 6.07) is 12.8. The van der Waals surface area contributed by atoms with E-state index in [-0.39, 0.29) is 5.91 Å². The standard InChI is InChI=1S/C19H17ClN2O3/c1-24-15-8-5-13(17(11-15)25-2)10-16-19(23)22-18(21-16)9-12-3-6-14(20)7-4-12/h3-8,10-11H,9H2,1-2H3,(H,21,22,23)/b16-10+. The SMILES string of the molecule is COc1ccc(/C=C2/N=C(Cc3ccc(Cl)cc3)NC2=O)c(OC)c1. The molecule has 25 heavy (non-hydrogen) atoms. The zero-order valence-electron chi connectivity index (χ0n) is 13.9. The summed E-state index contributed by atoms with van der Waals surface area (Å²) in [5.41, 5.74) is 2.11. The fourth-order valence-corrected chi connectivity index (χ4v) is 2.61. The van der Waals surface area contributed by atoms with Crippen molar-refractivity contribution in [2.45, 2.75) is 6.42 Å². The van der Waals surface area contributed by atoms with Crippen molar-refractivity contribution in [3.8, 4) is 11.5 Å². The molecule has 0 aliphatic carbocycles. The van der Waals surface area contributed by atoms with Crippen LogP contribution >= 0.6 is 11.6 Å². The third-order valence-corrected chi connectivity index (χ3v) is 4.02. The molecule has 0 unspecified atom stereocenters. The van der Waals surface area contributed by atoms with E-state index in [9.17, 15) is 4.79 Å². The number of halogens is 1. The molecule has 0 radical (unpaired) electrons. The first-order valence-electron chi connectivity index (χ1n) is 7.66. The van der Waals surface area contributed by atoms with Crippen molar-refractivity contribution in [1.82, 2.24) is 5.32 Å². The van der Waals surface area contributed by atoms with Crippen molar-refractivity contribution in [2.75, 3.05) is 14.2 Å². The van der Waals surface area contributed by atoms with E-state index >= 15 is 0 Å². The van der Waals surface area contributed by atoms with E-state index in [1.807, 2.05) is 30.3 Å². The fraction of sp³-hybridized carbons (Fsp3) is 0.158. The lowest BCUT2D eigenvalue weighted by atomic mass is 10.1. The van der Waals surface area contributed by atoms with Gasteiger partial charge in [0.25, 0.3) is 5.91 Å². The first-order chi connectivity index (χ1) is 12.1. The van der Waals surface area contributed by atoms with Gasteiger partial charge in [-0.3, -0.25) is 4.79 Å². The van der Waals surface area contributed by atoms with Gasteiger partial charge in [0.2, 0.25) is 0 Å². The van der Waals surface area contributed by atoms with Crippen molar-refractivity contribution in [3.05, 3.63) is 64.3 Å². The first-order valence-corrected chi connectivity index (χ1v) is 8.04. The Morgan fingerprint density at radius 1 is 1.12 bits per heavy atom. The largest absolute Gasteiger partial charge is 0.497 e. The second-order valence-corrected chi connectivity index (χ2v) is 5.89. The average Bonchev–Trinajstić information content (AvgIpc) is 2.96. The number of nitrogens with one attached hydrogen (secondary N) is 1. The van der Waals surface area contributed by atoms with Crippen LogP contribution < -0.4 is 14.8 Å². The summed E-state index contributed by atoms with van der Waals surface area (Å²) in [7, 11) is 3.16. The monoisotopic (exact) mass is 356 g/mol. The number of rotatable bonds is 5. The number of carbonyl (C=O) groups excluding carboxylic acids is 1. The predicted octanol–water partition coefficient (Wildman–Crippen LogP) is 3.47. The van der Waals surface area contributed by atoms with Gasteiger partial charge in [-0.25, -0.2) is 4.99 Å². The zero-order valence-corrected chi connectivity index (χ0v) is 14.6. The summed E-state index contributed by atoms with van der Waals surface area (Å²) in [4.78, 5) is 16.6. The number of methoxy groups -OCH3 is 2. The minimum Gasteiger partial charge on any atom is -0.497 e. The Hall–Kier alpha value is -2.79. The van der Waals surface area contributed by atoms with Crippen molar-refractivity contribution in [1.29, 1.82) is 0 Å². The molecule has 0 spiro atoms. The lowest BCUT2D eigenvalue weighted by molar-refractivity contribution is -0.115. The second kappa shape index (κ2) is 7.40. The highest BCUT2D eigenvalue weighted by molar-refractivity contribution is 6.30. The van der Waals surface area contributed by atoms with E-state index in [0.29, 0.717) is 34.5 Å². The predicted molar refractivity (Wildman–Crippen MR) is 98.3 cm³/mol. The molecule has 0 fully saturated rings. The van der Waals surface area contributed by atoms with Crippen molar-refractivity contribution in [3.63, 3.8) is 0 Å². The third-order valence-electron chi connectivity index (χ3n) is 3.76.